The molecule has 1 aromatic carbocycles. The zero-order chi connectivity index (χ0) is 9.97. The Kier molecular flexibility index (Phi) is 2.05. The van der Waals surface area contributed by atoms with E-state index in [4.69, 9.17) is 10.5 Å². The second-order valence-electron chi connectivity index (χ2n) is 3.25. The molecule has 1 aliphatic carbocycles. The molecule has 1 aliphatic rings. The molecule has 0 unspecified atom stereocenters. The van der Waals surface area contributed by atoms with Crippen molar-refractivity contribution in [3.05, 3.63) is 41.0 Å². The maximum atomic E-state index is 8.93. The molecule has 0 atom stereocenters. The van der Waals surface area contributed by atoms with Gasteiger partial charge in [0.25, 0.3) is 0 Å². The number of hydrogen-bond donors (Lipinski definition) is 0. The molecule has 2 nitrogen and oxygen atoms in total. The van der Waals surface area contributed by atoms with Gasteiger partial charge in [-0.05, 0) is 35.6 Å². The van der Waals surface area contributed by atoms with Crippen LogP contribution < -0.4 is 0 Å². The molecule has 0 heterocycles. The molecule has 0 aliphatic heterocycles. The predicted octanol–water partition coefficient (Wildman–Crippen LogP) is 2.41. The summed E-state index contributed by atoms with van der Waals surface area (Å²) in [5, 5.41) is 17.5. The molecule has 0 aromatic heterocycles. The molecule has 0 amide bonds. The van der Waals surface area contributed by atoms with Gasteiger partial charge in [0, 0.05) is 6.08 Å². The van der Waals surface area contributed by atoms with Crippen molar-refractivity contribution < 1.29 is 0 Å². The Morgan fingerprint density at radius 3 is 2.79 bits per heavy atom. The maximum absolute atomic E-state index is 8.93. The average Bonchev–Trinajstić information content (AvgIpc) is 2.62. The van der Waals surface area contributed by atoms with Crippen LogP contribution in [-0.2, 0) is 6.42 Å². The van der Waals surface area contributed by atoms with Gasteiger partial charge in [0.1, 0.15) is 0 Å². The second kappa shape index (κ2) is 3.36. The van der Waals surface area contributed by atoms with Crippen LogP contribution in [0.2, 0.25) is 0 Å². The summed E-state index contributed by atoms with van der Waals surface area (Å²) in [7, 11) is 0. The third-order valence-electron chi connectivity index (χ3n) is 2.49. The number of nitriles is 2. The van der Waals surface area contributed by atoms with E-state index in [1.54, 1.807) is 12.1 Å². The van der Waals surface area contributed by atoms with E-state index in [2.05, 4.69) is 6.07 Å². The summed E-state index contributed by atoms with van der Waals surface area (Å²) in [5.74, 6) is 0. The van der Waals surface area contributed by atoms with Gasteiger partial charge < -0.3 is 0 Å². The SMILES string of the molecule is N#C/C=C1/CCc2cccc(C#N)c21. The van der Waals surface area contributed by atoms with Crippen LogP contribution in [0.1, 0.15) is 23.1 Å². The van der Waals surface area contributed by atoms with Crippen LogP contribution in [0.15, 0.2) is 24.3 Å². The highest BCUT2D eigenvalue weighted by Gasteiger charge is 2.18. The minimum Gasteiger partial charge on any atom is -0.193 e. The zero-order valence-corrected chi connectivity index (χ0v) is 7.62. The quantitative estimate of drug-likeness (QED) is 0.575. The number of hydrogen-bond acceptors (Lipinski definition) is 2. The summed E-state index contributed by atoms with van der Waals surface area (Å²) >= 11 is 0. The lowest BCUT2D eigenvalue weighted by atomic mass is 10.0. The lowest BCUT2D eigenvalue weighted by molar-refractivity contribution is 1.08. The van der Waals surface area contributed by atoms with Crippen molar-refractivity contribution in [1.82, 2.24) is 0 Å². The van der Waals surface area contributed by atoms with E-state index in [0.717, 1.165) is 24.0 Å². The molecule has 2 heteroatoms. The predicted molar refractivity (Wildman–Crippen MR) is 53.1 cm³/mol. The summed E-state index contributed by atoms with van der Waals surface area (Å²) in [6.07, 6.45) is 3.37. The van der Waals surface area contributed by atoms with Gasteiger partial charge in [0.15, 0.2) is 0 Å². The van der Waals surface area contributed by atoms with Crippen molar-refractivity contribution >= 4 is 5.57 Å². The average molecular weight is 180 g/mol. The van der Waals surface area contributed by atoms with Crippen LogP contribution in [-0.4, -0.2) is 0 Å². The van der Waals surface area contributed by atoms with Gasteiger partial charge in [0.05, 0.1) is 17.7 Å². The minimum atomic E-state index is 0.682. The van der Waals surface area contributed by atoms with E-state index in [0.29, 0.717) is 5.56 Å². The number of fused-ring (bicyclic) bond motifs is 1. The largest absolute Gasteiger partial charge is 0.193 e. The number of nitrogens with zero attached hydrogens (tertiary/aromatic N) is 2. The van der Waals surface area contributed by atoms with E-state index < -0.39 is 0 Å². The first-order chi connectivity index (χ1) is 6.86. The van der Waals surface area contributed by atoms with E-state index in [-0.39, 0.29) is 0 Å². The Labute approximate surface area is 82.7 Å². The Balaban J connectivity index is 2.65. The third-order valence-corrected chi connectivity index (χ3v) is 2.49. The maximum Gasteiger partial charge on any atom is 0.0998 e. The molecule has 14 heavy (non-hydrogen) atoms. The van der Waals surface area contributed by atoms with E-state index in [9.17, 15) is 0 Å². The van der Waals surface area contributed by atoms with E-state index in [1.807, 2.05) is 18.2 Å². The molecule has 0 saturated carbocycles. The van der Waals surface area contributed by atoms with Crippen LogP contribution in [0.4, 0.5) is 0 Å². The lowest BCUT2D eigenvalue weighted by Crippen LogP contribution is -1.86. The summed E-state index contributed by atoms with van der Waals surface area (Å²) in [5.41, 5.74) is 3.85. The summed E-state index contributed by atoms with van der Waals surface area (Å²) < 4.78 is 0. The van der Waals surface area contributed by atoms with E-state index >= 15 is 0 Å². The Bertz CT molecular complexity index is 484. The second-order valence-corrected chi connectivity index (χ2v) is 3.25. The molecule has 1 aromatic rings. The summed E-state index contributed by atoms with van der Waals surface area (Å²) in [6.45, 7) is 0. The highest BCUT2D eigenvalue weighted by molar-refractivity contribution is 5.78. The molecule has 0 spiro atoms. The van der Waals surface area contributed by atoms with Gasteiger partial charge >= 0.3 is 0 Å². The molecule has 0 fully saturated rings. The fourth-order valence-electron chi connectivity index (χ4n) is 1.90. The van der Waals surface area contributed by atoms with Gasteiger partial charge in [-0.1, -0.05) is 12.1 Å². The van der Waals surface area contributed by atoms with Crippen LogP contribution in [0.3, 0.4) is 0 Å². The van der Waals surface area contributed by atoms with Gasteiger partial charge in [0.2, 0.25) is 0 Å². The minimum absolute atomic E-state index is 0.682. The van der Waals surface area contributed by atoms with Crippen LogP contribution in [0.25, 0.3) is 5.57 Å². The first-order valence-corrected chi connectivity index (χ1v) is 4.48. The standard InChI is InChI=1S/C12H8N2/c13-7-6-10-5-4-9-2-1-3-11(8-14)12(9)10/h1-3,6H,4-5H2/b10-6-. The molecule has 0 radical (unpaired) electrons. The lowest BCUT2D eigenvalue weighted by Gasteiger charge is -2.01. The highest BCUT2D eigenvalue weighted by atomic mass is 14.3. The monoisotopic (exact) mass is 180 g/mol. The van der Waals surface area contributed by atoms with Crippen molar-refractivity contribution in [3.63, 3.8) is 0 Å². The molecular weight excluding hydrogens is 172 g/mol. The van der Waals surface area contributed by atoms with Gasteiger partial charge in [-0.25, -0.2) is 0 Å². The molecule has 0 saturated heterocycles. The number of allylic oxidation sites excluding steroid dienone is 2. The normalized spacial score (nSPS) is 16.0. The number of benzene rings is 1. The number of aryl methyl sites for hydroxylation is 1. The Hall–Kier alpha value is -2.06. The van der Waals surface area contributed by atoms with Gasteiger partial charge in [-0.15, -0.1) is 0 Å². The Morgan fingerprint density at radius 2 is 2.07 bits per heavy atom. The fraction of sp³-hybridized carbons (Fsp3) is 0.167. The van der Waals surface area contributed by atoms with Crippen LogP contribution in [0.5, 0.6) is 0 Å². The first kappa shape index (κ1) is 8.53. The molecule has 0 bridgehead atoms. The zero-order valence-electron chi connectivity index (χ0n) is 7.62. The van der Waals surface area contributed by atoms with Gasteiger partial charge in [-0.2, -0.15) is 10.5 Å². The van der Waals surface area contributed by atoms with Crippen LogP contribution >= 0.6 is 0 Å². The van der Waals surface area contributed by atoms with Crippen molar-refractivity contribution in [2.24, 2.45) is 0 Å². The highest BCUT2D eigenvalue weighted by Crippen LogP contribution is 2.34. The van der Waals surface area contributed by atoms with Crippen molar-refractivity contribution in [3.8, 4) is 12.1 Å². The van der Waals surface area contributed by atoms with Crippen molar-refractivity contribution in [2.45, 2.75) is 12.8 Å². The Morgan fingerprint density at radius 1 is 1.21 bits per heavy atom. The van der Waals surface area contributed by atoms with Gasteiger partial charge in [-0.3, -0.25) is 0 Å². The first-order valence-electron chi connectivity index (χ1n) is 4.48. The van der Waals surface area contributed by atoms with E-state index in [1.165, 1.54) is 5.56 Å². The molecule has 0 N–H and O–H groups in total. The van der Waals surface area contributed by atoms with Crippen molar-refractivity contribution in [1.29, 1.82) is 10.5 Å². The molecular formula is C12H8N2. The van der Waals surface area contributed by atoms with Crippen LogP contribution in [0, 0.1) is 22.7 Å². The molecule has 2 rings (SSSR count). The van der Waals surface area contributed by atoms with Crippen molar-refractivity contribution in [2.75, 3.05) is 0 Å². The smallest absolute Gasteiger partial charge is 0.0998 e. The summed E-state index contributed by atoms with van der Waals surface area (Å²) in [6, 6.07) is 9.91. The fourth-order valence-corrected chi connectivity index (χ4v) is 1.90. The topological polar surface area (TPSA) is 47.6 Å². The molecule has 66 valence electrons. The third kappa shape index (κ3) is 1.18. The summed E-state index contributed by atoms with van der Waals surface area (Å²) in [4.78, 5) is 0. The number of rotatable bonds is 0.